The number of anilines is 1. The zero-order chi connectivity index (χ0) is 19.4. The molecule has 0 aliphatic carbocycles. The maximum atomic E-state index is 12.1. The van der Waals surface area contributed by atoms with Crippen LogP contribution < -0.4 is 10.1 Å². The fraction of sp³-hybridized carbons (Fsp3) is 0.263. The van der Waals surface area contributed by atoms with E-state index in [4.69, 9.17) is 4.74 Å². The minimum absolute atomic E-state index is 0.0772. The number of aryl methyl sites for hydroxylation is 1. The molecule has 1 amide bonds. The normalized spacial score (nSPS) is 11.5. The maximum absolute atomic E-state index is 12.1. The minimum Gasteiger partial charge on any atom is -0.494 e. The largest absolute Gasteiger partial charge is 0.494 e. The number of ether oxygens (including phenoxy) is 1. The molecule has 1 N–H and O–H groups in total. The molecule has 0 bridgehead atoms. The molecular formula is C19H20N2O4S2. The van der Waals surface area contributed by atoms with E-state index in [0.29, 0.717) is 25.2 Å². The highest BCUT2D eigenvalue weighted by molar-refractivity contribution is 7.90. The van der Waals surface area contributed by atoms with Crippen molar-refractivity contribution in [2.24, 2.45) is 0 Å². The first-order valence-electron chi connectivity index (χ1n) is 8.41. The summed E-state index contributed by atoms with van der Waals surface area (Å²) in [5.74, 6) is 0.500. The quantitative estimate of drug-likeness (QED) is 0.605. The van der Waals surface area contributed by atoms with E-state index in [-0.39, 0.29) is 10.8 Å². The van der Waals surface area contributed by atoms with E-state index in [1.165, 1.54) is 12.1 Å². The molecule has 0 fully saturated rings. The fourth-order valence-corrected chi connectivity index (χ4v) is 4.04. The number of amides is 1. The van der Waals surface area contributed by atoms with Crippen molar-refractivity contribution in [2.75, 3.05) is 18.2 Å². The van der Waals surface area contributed by atoms with Crippen LogP contribution in [-0.2, 0) is 14.6 Å². The molecule has 0 aliphatic rings. The molecule has 142 valence electrons. The van der Waals surface area contributed by atoms with Crippen molar-refractivity contribution in [3.8, 4) is 5.75 Å². The summed E-state index contributed by atoms with van der Waals surface area (Å²) in [6.07, 6.45) is 2.05. The Hall–Kier alpha value is -2.45. The van der Waals surface area contributed by atoms with Crippen LogP contribution in [0.3, 0.4) is 0 Å². The molecule has 1 aromatic heterocycles. The van der Waals surface area contributed by atoms with E-state index < -0.39 is 9.84 Å². The number of rotatable bonds is 7. The van der Waals surface area contributed by atoms with Crippen LogP contribution >= 0.6 is 11.3 Å². The first kappa shape index (κ1) is 19.3. The molecule has 0 unspecified atom stereocenters. The number of fused-ring (bicyclic) bond motifs is 1. The molecule has 3 aromatic rings. The number of carbonyl (C=O) groups is 1. The summed E-state index contributed by atoms with van der Waals surface area (Å²) in [6.45, 7) is 2.33. The van der Waals surface area contributed by atoms with Gasteiger partial charge in [-0.3, -0.25) is 4.79 Å². The van der Waals surface area contributed by atoms with Gasteiger partial charge in [0, 0.05) is 18.4 Å². The van der Waals surface area contributed by atoms with Gasteiger partial charge in [-0.15, -0.1) is 11.3 Å². The zero-order valence-electron chi connectivity index (χ0n) is 15.1. The van der Waals surface area contributed by atoms with Gasteiger partial charge in [0.25, 0.3) is 0 Å². The van der Waals surface area contributed by atoms with Crippen LogP contribution in [-0.4, -0.2) is 32.2 Å². The molecular weight excluding hydrogens is 384 g/mol. The van der Waals surface area contributed by atoms with Crippen molar-refractivity contribution in [3.63, 3.8) is 0 Å². The van der Waals surface area contributed by atoms with E-state index in [2.05, 4.69) is 10.3 Å². The third kappa shape index (κ3) is 5.27. The van der Waals surface area contributed by atoms with Crippen molar-refractivity contribution >= 4 is 43.0 Å². The lowest BCUT2D eigenvalue weighted by molar-refractivity contribution is -0.116. The number of hydrogen-bond acceptors (Lipinski definition) is 6. The van der Waals surface area contributed by atoms with Gasteiger partial charge in [0.15, 0.2) is 9.84 Å². The van der Waals surface area contributed by atoms with Crippen LogP contribution in [0.15, 0.2) is 47.4 Å². The summed E-state index contributed by atoms with van der Waals surface area (Å²) in [7, 11) is -3.21. The number of sulfone groups is 1. The Morgan fingerprint density at radius 1 is 1.19 bits per heavy atom. The van der Waals surface area contributed by atoms with Gasteiger partial charge in [0.1, 0.15) is 5.75 Å². The third-order valence-corrected chi connectivity index (χ3v) is 5.91. The summed E-state index contributed by atoms with van der Waals surface area (Å²) in [4.78, 5) is 16.7. The van der Waals surface area contributed by atoms with Gasteiger partial charge in [-0.2, -0.15) is 0 Å². The highest BCUT2D eigenvalue weighted by Gasteiger charge is 2.08. The minimum atomic E-state index is -3.21. The first-order chi connectivity index (χ1) is 12.8. The maximum Gasteiger partial charge on any atom is 0.224 e. The van der Waals surface area contributed by atoms with Gasteiger partial charge in [0.05, 0.1) is 26.7 Å². The van der Waals surface area contributed by atoms with Gasteiger partial charge in [-0.25, -0.2) is 13.4 Å². The van der Waals surface area contributed by atoms with Gasteiger partial charge >= 0.3 is 0 Å². The standard InChI is InChI=1S/C19H20N2O4S2/c1-13-20-17-10-5-14(12-18(17)26-13)21-19(22)4-3-11-25-15-6-8-16(9-7-15)27(2,23)24/h5-10,12H,3-4,11H2,1-2H3,(H,21,22). The Morgan fingerprint density at radius 2 is 1.93 bits per heavy atom. The van der Waals surface area contributed by atoms with E-state index in [0.717, 1.165) is 27.2 Å². The van der Waals surface area contributed by atoms with Crippen LogP contribution in [0.4, 0.5) is 5.69 Å². The van der Waals surface area contributed by atoms with Crippen molar-refractivity contribution in [2.45, 2.75) is 24.7 Å². The number of hydrogen-bond donors (Lipinski definition) is 1. The van der Waals surface area contributed by atoms with Crippen molar-refractivity contribution in [1.82, 2.24) is 4.98 Å². The molecule has 3 rings (SSSR count). The van der Waals surface area contributed by atoms with Gasteiger partial charge in [-0.1, -0.05) is 0 Å². The van der Waals surface area contributed by atoms with Crippen molar-refractivity contribution < 1.29 is 17.9 Å². The predicted molar refractivity (Wildman–Crippen MR) is 107 cm³/mol. The summed E-state index contributed by atoms with van der Waals surface area (Å²) in [5.41, 5.74) is 1.69. The number of nitrogens with zero attached hydrogens (tertiary/aromatic N) is 1. The Balaban J connectivity index is 1.45. The Bertz CT molecular complexity index is 1060. The van der Waals surface area contributed by atoms with E-state index in [1.54, 1.807) is 23.5 Å². The molecule has 6 nitrogen and oxygen atoms in total. The number of benzene rings is 2. The predicted octanol–water partition coefficient (Wildman–Crippen LogP) is 3.81. The lowest BCUT2D eigenvalue weighted by Crippen LogP contribution is -2.12. The van der Waals surface area contributed by atoms with Crippen molar-refractivity contribution in [1.29, 1.82) is 0 Å². The highest BCUT2D eigenvalue weighted by atomic mass is 32.2. The third-order valence-electron chi connectivity index (χ3n) is 3.85. The van der Waals surface area contributed by atoms with Gasteiger partial charge < -0.3 is 10.1 Å². The molecule has 0 saturated heterocycles. The highest BCUT2D eigenvalue weighted by Crippen LogP contribution is 2.24. The van der Waals surface area contributed by atoms with Gasteiger partial charge in [-0.05, 0) is 55.8 Å². The summed E-state index contributed by atoms with van der Waals surface area (Å²) in [6, 6.07) is 11.9. The molecule has 0 radical (unpaired) electrons. The molecule has 27 heavy (non-hydrogen) atoms. The Kier molecular flexibility index (Phi) is 5.76. The molecule has 1 heterocycles. The SMILES string of the molecule is Cc1nc2ccc(NC(=O)CCCOc3ccc(S(C)(=O)=O)cc3)cc2s1. The van der Waals surface area contributed by atoms with Crippen LogP contribution in [0.25, 0.3) is 10.2 Å². The molecule has 2 aromatic carbocycles. The summed E-state index contributed by atoms with van der Waals surface area (Å²) < 4.78 is 29.4. The monoisotopic (exact) mass is 404 g/mol. The second-order valence-electron chi connectivity index (χ2n) is 6.16. The van der Waals surface area contributed by atoms with Crippen LogP contribution in [0, 0.1) is 6.92 Å². The molecule has 0 saturated carbocycles. The van der Waals surface area contributed by atoms with Crippen LogP contribution in [0.1, 0.15) is 17.8 Å². The fourth-order valence-electron chi connectivity index (χ4n) is 2.55. The van der Waals surface area contributed by atoms with Crippen LogP contribution in [0.5, 0.6) is 5.75 Å². The van der Waals surface area contributed by atoms with E-state index >= 15 is 0 Å². The lowest BCUT2D eigenvalue weighted by atomic mass is 10.2. The lowest BCUT2D eigenvalue weighted by Gasteiger charge is -2.08. The Morgan fingerprint density at radius 3 is 2.63 bits per heavy atom. The topological polar surface area (TPSA) is 85.4 Å². The van der Waals surface area contributed by atoms with E-state index in [9.17, 15) is 13.2 Å². The van der Waals surface area contributed by atoms with Crippen LogP contribution in [0.2, 0.25) is 0 Å². The summed E-state index contributed by atoms with van der Waals surface area (Å²) >= 11 is 1.59. The molecule has 0 aliphatic heterocycles. The second kappa shape index (κ2) is 8.06. The first-order valence-corrected chi connectivity index (χ1v) is 11.1. The average Bonchev–Trinajstić information content (AvgIpc) is 2.97. The van der Waals surface area contributed by atoms with Gasteiger partial charge in [0.2, 0.25) is 5.91 Å². The number of aromatic nitrogens is 1. The average molecular weight is 405 g/mol. The molecule has 0 spiro atoms. The smallest absolute Gasteiger partial charge is 0.224 e. The second-order valence-corrected chi connectivity index (χ2v) is 9.41. The number of nitrogens with one attached hydrogen (secondary N) is 1. The summed E-state index contributed by atoms with van der Waals surface area (Å²) in [5, 5.41) is 3.88. The number of carbonyl (C=O) groups excluding carboxylic acids is 1. The molecule has 8 heteroatoms. The van der Waals surface area contributed by atoms with E-state index in [1.807, 2.05) is 25.1 Å². The van der Waals surface area contributed by atoms with Crippen molar-refractivity contribution in [3.05, 3.63) is 47.5 Å². The number of thiazole rings is 1. The molecule has 0 atom stereocenters. The Labute approximate surface area is 162 Å². The zero-order valence-corrected chi connectivity index (χ0v) is 16.7.